The number of nitrogens with zero attached hydrogens (tertiary/aromatic N) is 3. The average molecular weight is 425 g/mol. The molecular formula is C17H14Cl2N4OS2. The molecule has 1 amide bonds. The van der Waals surface area contributed by atoms with Crippen molar-refractivity contribution in [3.63, 3.8) is 0 Å². The number of aromatic nitrogens is 3. The molecule has 0 aromatic carbocycles. The topological polar surface area (TPSA) is 67.8 Å². The first-order valence-electron chi connectivity index (χ1n) is 8.11. The summed E-state index contributed by atoms with van der Waals surface area (Å²) in [6, 6.07) is 1.55. The molecule has 0 saturated carbocycles. The Morgan fingerprint density at radius 3 is 2.92 bits per heavy atom. The van der Waals surface area contributed by atoms with E-state index in [1.54, 1.807) is 23.7 Å². The highest BCUT2D eigenvalue weighted by atomic mass is 35.5. The van der Waals surface area contributed by atoms with Crippen molar-refractivity contribution in [2.45, 2.75) is 30.7 Å². The molecule has 1 N–H and O–H groups in total. The van der Waals surface area contributed by atoms with Crippen LogP contribution in [0.5, 0.6) is 0 Å². The summed E-state index contributed by atoms with van der Waals surface area (Å²) in [5, 5.41) is 5.42. The fourth-order valence-electron chi connectivity index (χ4n) is 2.98. The number of pyridine rings is 1. The van der Waals surface area contributed by atoms with Gasteiger partial charge in [0.15, 0.2) is 5.82 Å². The Labute approximate surface area is 168 Å². The molecule has 3 heterocycles. The van der Waals surface area contributed by atoms with E-state index in [0.717, 1.165) is 28.1 Å². The van der Waals surface area contributed by atoms with Gasteiger partial charge in [-0.15, -0.1) is 11.3 Å². The maximum absolute atomic E-state index is 12.3. The Balaban J connectivity index is 1.51. The fraction of sp³-hybridized carbons (Fsp3) is 0.294. The van der Waals surface area contributed by atoms with Crippen LogP contribution in [0.3, 0.4) is 0 Å². The summed E-state index contributed by atoms with van der Waals surface area (Å²) in [4.78, 5) is 27.6. The zero-order valence-corrected chi connectivity index (χ0v) is 16.7. The summed E-state index contributed by atoms with van der Waals surface area (Å²) in [5.41, 5.74) is 1.36. The molecule has 134 valence electrons. The molecule has 9 heteroatoms. The van der Waals surface area contributed by atoms with Crippen molar-refractivity contribution < 1.29 is 4.79 Å². The lowest BCUT2D eigenvalue weighted by molar-refractivity contribution is -0.113. The molecule has 0 aliphatic heterocycles. The van der Waals surface area contributed by atoms with E-state index < -0.39 is 0 Å². The van der Waals surface area contributed by atoms with Crippen molar-refractivity contribution in [2.24, 2.45) is 0 Å². The van der Waals surface area contributed by atoms with Gasteiger partial charge in [-0.05, 0) is 37.3 Å². The molecule has 3 aromatic rings. The highest BCUT2D eigenvalue weighted by Crippen LogP contribution is 2.39. The maximum atomic E-state index is 12.3. The molecule has 0 unspecified atom stereocenters. The first-order valence-corrected chi connectivity index (χ1v) is 10.7. The van der Waals surface area contributed by atoms with Crippen molar-refractivity contribution in [3.05, 3.63) is 39.1 Å². The normalized spacial score (nSPS) is 13.6. The van der Waals surface area contributed by atoms with E-state index in [9.17, 15) is 4.79 Å². The van der Waals surface area contributed by atoms with Gasteiger partial charge >= 0.3 is 0 Å². The number of hydrogen-bond acceptors (Lipinski definition) is 6. The van der Waals surface area contributed by atoms with Crippen LogP contribution in [0.15, 0.2) is 23.6 Å². The minimum Gasteiger partial charge on any atom is -0.309 e. The number of thioether (sulfide) groups is 1. The molecule has 0 radical (unpaired) electrons. The van der Waals surface area contributed by atoms with Crippen LogP contribution in [0.1, 0.15) is 23.3 Å². The van der Waals surface area contributed by atoms with Gasteiger partial charge in [0.2, 0.25) is 5.91 Å². The third kappa shape index (κ3) is 3.67. The number of anilines is 1. The van der Waals surface area contributed by atoms with Gasteiger partial charge in [-0.3, -0.25) is 4.79 Å². The van der Waals surface area contributed by atoms with Crippen LogP contribution in [0, 0.1) is 0 Å². The highest BCUT2D eigenvalue weighted by molar-refractivity contribution is 8.00. The predicted octanol–water partition coefficient (Wildman–Crippen LogP) is 5.00. The molecule has 1 aliphatic rings. The number of rotatable bonds is 4. The van der Waals surface area contributed by atoms with Crippen LogP contribution >= 0.6 is 46.3 Å². The Morgan fingerprint density at radius 1 is 1.23 bits per heavy atom. The largest absolute Gasteiger partial charge is 0.309 e. The molecule has 0 bridgehead atoms. The van der Waals surface area contributed by atoms with E-state index in [4.69, 9.17) is 23.2 Å². The lowest BCUT2D eigenvalue weighted by atomic mass is 9.97. The number of hydrogen-bond donors (Lipinski definition) is 1. The van der Waals surface area contributed by atoms with Crippen LogP contribution in [-0.2, 0) is 17.6 Å². The van der Waals surface area contributed by atoms with Crippen molar-refractivity contribution in [1.82, 2.24) is 15.0 Å². The van der Waals surface area contributed by atoms with Crippen molar-refractivity contribution in [3.8, 4) is 0 Å². The Hall–Kier alpha value is -1.41. The van der Waals surface area contributed by atoms with Gasteiger partial charge in [-0.25, -0.2) is 15.0 Å². The van der Waals surface area contributed by atoms with Crippen LogP contribution in [0.2, 0.25) is 10.0 Å². The van der Waals surface area contributed by atoms with Gasteiger partial charge in [0.05, 0.1) is 15.8 Å². The predicted molar refractivity (Wildman–Crippen MR) is 108 cm³/mol. The first kappa shape index (κ1) is 18.0. The van der Waals surface area contributed by atoms with Gasteiger partial charge in [-0.2, -0.15) is 0 Å². The van der Waals surface area contributed by atoms with Gasteiger partial charge in [0.1, 0.15) is 16.2 Å². The van der Waals surface area contributed by atoms with Crippen LogP contribution < -0.4 is 5.32 Å². The number of nitrogens with one attached hydrogen (secondary N) is 1. The molecule has 0 spiro atoms. The van der Waals surface area contributed by atoms with Gasteiger partial charge in [-0.1, -0.05) is 35.0 Å². The summed E-state index contributed by atoms with van der Waals surface area (Å²) in [5.74, 6) is 0.335. The van der Waals surface area contributed by atoms with Crippen LogP contribution in [-0.4, -0.2) is 26.6 Å². The van der Waals surface area contributed by atoms with E-state index in [1.165, 1.54) is 41.2 Å². The summed E-state index contributed by atoms with van der Waals surface area (Å²) in [6.45, 7) is 0. The third-order valence-electron chi connectivity index (χ3n) is 4.12. The molecule has 26 heavy (non-hydrogen) atoms. The first-order chi connectivity index (χ1) is 12.6. The van der Waals surface area contributed by atoms with Crippen LogP contribution in [0.25, 0.3) is 10.2 Å². The molecule has 0 atom stereocenters. The smallest absolute Gasteiger partial charge is 0.235 e. The molecule has 3 aromatic heterocycles. The maximum Gasteiger partial charge on any atom is 0.235 e. The highest BCUT2D eigenvalue weighted by Gasteiger charge is 2.20. The Kier molecular flexibility index (Phi) is 5.31. The molecule has 4 rings (SSSR count). The second kappa shape index (κ2) is 7.68. The third-order valence-corrected chi connectivity index (χ3v) is 6.81. The lowest BCUT2D eigenvalue weighted by Crippen LogP contribution is -2.15. The zero-order chi connectivity index (χ0) is 18.1. The number of thiophene rings is 1. The molecular weight excluding hydrogens is 411 g/mol. The minimum atomic E-state index is -0.192. The summed E-state index contributed by atoms with van der Waals surface area (Å²) in [6.07, 6.45) is 7.62. The zero-order valence-electron chi connectivity index (χ0n) is 13.6. The van der Waals surface area contributed by atoms with Gasteiger partial charge < -0.3 is 5.32 Å². The average Bonchev–Trinajstić information content (AvgIpc) is 3.01. The minimum absolute atomic E-state index is 0.192. The number of carbonyl (C=O) groups is 1. The molecule has 0 saturated heterocycles. The quantitative estimate of drug-likeness (QED) is 0.471. The van der Waals surface area contributed by atoms with Gasteiger partial charge in [0.25, 0.3) is 0 Å². The number of fused-ring (bicyclic) bond motifs is 3. The van der Waals surface area contributed by atoms with Crippen molar-refractivity contribution in [1.29, 1.82) is 0 Å². The molecule has 1 aliphatic carbocycles. The SMILES string of the molecule is O=C(CSc1ncnc2sc3c(c12)CCCC3)Nc1ncc(Cl)cc1Cl. The second-order valence-electron chi connectivity index (χ2n) is 5.89. The Morgan fingerprint density at radius 2 is 2.08 bits per heavy atom. The summed E-state index contributed by atoms with van der Waals surface area (Å²) < 4.78 is 0. The van der Waals surface area contributed by atoms with E-state index in [0.29, 0.717) is 15.9 Å². The second-order valence-corrected chi connectivity index (χ2v) is 8.78. The summed E-state index contributed by atoms with van der Waals surface area (Å²) >= 11 is 15.0. The molecule has 5 nitrogen and oxygen atoms in total. The van der Waals surface area contributed by atoms with Crippen molar-refractivity contribution in [2.75, 3.05) is 11.1 Å². The van der Waals surface area contributed by atoms with E-state index in [2.05, 4.69) is 20.3 Å². The number of carbonyl (C=O) groups excluding carboxylic acids is 1. The van der Waals surface area contributed by atoms with Gasteiger partial charge in [0, 0.05) is 16.5 Å². The van der Waals surface area contributed by atoms with Crippen LogP contribution in [0.4, 0.5) is 5.82 Å². The lowest BCUT2D eigenvalue weighted by Gasteiger charge is -2.11. The van der Waals surface area contributed by atoms with E-state index >= 15 is 0 Å². The standard InChI is InChI=1S/C17H14Cl2N4OS2/c18-9-5-11(19)15(20-6-9)23-13(24)7-25-16-14-10-3-1-2-4-12(10)26-17(14)22-8-21-16/h5-6,8H,1-4,7H2,(H,20,23,24). The number of aryl methyl sites for hydroxylation is 2. The monoisotopic (exact) mass is 424 g/mol. The summed E-state index contributed by atoms with van der Waals surface area (Å²) in [7, 11) is 0. The van der Waals surface area contributed by atoms with E-state index in [1.807, 2.05) is 0 Å². The fourth-order valence-corrected chi connectivity index (χ4v) is 5.53. The van der Waals surface area contributed by atoms with E-state index in [-0.39, 0.29) is 11.7 Å². The van der Waals surface area contributed by atoms with Crippen molar-refractivity contribution >= 4 is 68.2 Å². The number of halogens is 2. The number of amides is 1. The Bertz CT molecular complexity index is 992. The molecule has 0 fully saturated rings.